The third-order valence-electron chi connectivity index (χ3n) is 16.0. The second-order valence-electron chi connectivity index (χ2n) is 21.1. The van der Waals surface area contributed by atoms with Crippen LogP contribution in [-0.4, -0.2) is 78.1 Å². The minimum absolute atomic E-state index is 0.00225. The zero-order valence-electron chi connectivity index (χ0n) is 44.5. The van der Waals surface area contributed by atoms with Crippen LogP contribution in [0.3, 0.4) is 0 Å². The van der Waals surface area contributed by atoms with E-state index in [9.17, 15) is 14.6 Å². The van der Waals surface area contributed by atoms with E-state index in [1.165, 1.54) is 51.0 Å². The van der Waals surface area contributed by atoms with E-state index in [1.54, 1.807) is 24.3 Å². The number of unbranched alkanes of at least 4 members (excludes halogenated alkanes) is 11. The van der Waals surface area contributed by atoms with Crippen molar-refractivity contribution >= 4 is 22.6 Å². The van der Waals surface area contributed by atoms with Crippen LogP contribution in [0.25, 0.3) is 10.8 Å². The number of carbonyl (C=O) groups is 1. The van der Waals surface area contributed by atoms with E-state index in [2.05, 4.69) is 43.8 Å². The highest BCUT2D eigenvalue weighted by atomic mass is 19.1. The average molecular weight is 1030 g/mol. The Hall–Kier alpha value is -5.27. The summed E-state index contributed by atoms with van der Waals surface area (Å²) in [5, 5.41) is 27.4. The van der Waals surface area contributed by atoms with Crippen LogP contribution in [0.15, 0.2) is 114 Å². The molecule has 0 radical (unpaired) electrons. The van der Waals surface area contributed by atoms with E-state index >= 15 is 4.79 Å². The van der Waals surface area contributed by atoms with E-state index in [0.717, 1.165) is 85.3 Å². The fourth-order valence-electron chi connectivity index (χ4n) is 12.2. The number of oxime groups is 1. The number of rotatable bonds is 30. The molecule has 1 saturated heterocycles. The first kappa shape index (κ1) is 55.9. The maximum atomic E-state index is 15.4. The molecule has 2 fully saturated rings. The second kappa shape index (κ2) is 28.7. The molecule has 4 aromatic carbocycles. The van der Waals surface area contributed by atoms with Gasteiger partial charge in [0.1, 0.15) is 30.0 Å². The summed E-state index contributed by atoms with van der Waals surface area (Å²) in [5.41, 5.74) is 3.93. The van der Waals surface area contributed by atoms with Crippen molar-refractivity contribution in [2.24, 2.45) is 22.9 Å². The lowest BCUT2D eigenvalue weighted by molar-refractivity contribution is -0.256. The maximum Gasteiger partial charge on any atom is 0.410 e. The highest BCUT2D eigenvalue weighted by molar-refractivity contribution is 6.03. The molecule has 8 rings (SSSR count). The number of nitrogens with zero attached hydrogens (tertiary/aromatic N) is 2. The first-order valence-electron chi connectivity index (χ1n) is 28.5. The molecule has 0 bridgehead atoms. The Labute approximate surface area is 445 Å². The fourth-order valence-corrected chi connectivity index (χ4v) is 12.2. The van der Waals surface area contributed by atoms with Crippen LogP contribution < -0.4 is 9.47 Å². The maximum absolute atomic E-state index is 15.4. The highest BCUT2D eigenvalue weighted by Gasteiger charge is 2.66. The molecule has 75 heavy (non-hydrogen) atoms. The number of hydrogen-bond acceptors (Lipinski definition) is 10. The zero-order chi connectivity index (χ0) is 52.2. The van der Waals surface area contributed by atoms with Crippen LogP contribution >= 0.6 is 0 Å². The van der Waals surface area contributed by atoms with E-state index in [-0.39, 0.29) is 69.6 Å². The minimum Gasteiger partial charge on any atom is -0.489 e. The van der Waals surface area contributed by atoms with Crippen molar-refractivity contribution in [2.75, 3.05) is 33.0 Å². The minimum atomic E-state index is -1.50. The Bertz CT molecular complexity index is 2490. The number of allylic oxidation sites excluding steroid dienone is 1. The molecule has 2 aliphatic carbocycles. The van der Waals surface area contributed by atoms with Crippen molar-refractivity contribution in [3.63, 3.8) is 0 Å². The van der Waals surface area contributed by atoms with Crippen LogP contribution in [0.1, 0.15) is 158 Å². The molecular weight excluding hydrogens is 948 g/mol. The van der Waals surface area contributed by atoms with E-state index in [1.807, 2.05) is 41.3 Å². The van der Waals surface area contributed by atoms with Gasteiger partial charge in [-0.3, -0.25) is 4.90 Å². The summed E-state index contributed by atoms with van der Waals surface area (Å²) >= 11 is 0. The Kier molecular flexibility index (Phi) is 21.4. The first-order valence-corrected chi connectivity index (χ1v) is 28.5. The SMILES string of the molecule is C=CCO[C@@]12Oc3ccc(OCc4ccccc4F)cc3[C@H]3[C@H](CCCCO)[C@@H](CCCCO)C=C(C(=NOC4CCCCO4)C[C@@H]1N(Cc1cccc4ccccc14)C(=O)OCCCCCCCCCCCC)[C@H]32. The molecule has 2 aliphatic heterocycles. The number of aliphatic hydroxyl groups is 2. The summed E-state index contributed by atoms with van der Waals surface area (Å²) < 4.78 is 48.8. The van der Waals surface area contributed by atoms with Crippen LogP contribution in [0.5, 0.6) is 11.5 Å². The largest absolute Gasteiger partial charge is 0.489 e. The summed E-state index contributed by atoms with van der Waals surface area (Å²) in [6, 6.07) is 26.1. The van der Waals surface area contributed by atoms with Gasteiger partial charge in [-0.05, 0) is 103 Å². The molecule has 1 amide bonds. The summed E-state index contributed by atoms with van der Waals surface area (Å²) in [4.78, 5) is 23.6. The van der Waals surface area contributed by atoms with Gasteiger partial charge in [0, 0.05) is 43.1 Å². The van der Waals surface area contributed by atoms with Crippen molar-refractivity contribution in [2.45, 2.75) is 173 Å². The molecule has 7 atom stereocenters. The number of aliphatic hydroxyl groups excluding tert-OH is 2. The van der Waals surface area contributed by atoms with Gasteiger partial charge in [-0.2, -0.15) is 0 Å². The molecule has 2 heterocycles. The Morgan fingerprint density at radius 3 is 2.35 bits per heavy atom. The van der Waals surface area contributed by atoms with Crippen molar-refractivity contribution in [3.8, 4) is 11.5 Å². The van der Waals surface area contributed by atoms with Gasteiger partial charge < -0.3 is 38.7 Å². The quantitative estimate of drug-likeness (QED) is 0.0298. The van der Waals surface area contributed by atoms with E-state index < -0.39 is 30.1 Å². The van der Waals surface area contributed by atoms with Crippen LogP contribution in [0.4, 0.5) is 9.18 Å². The number of ether oxygens (including phenoxy) is 5. The average Bonchev–Trinajstić information content (AvgIpc) is 3.44. The van der Waals surface area contributed by atoms with Gasteiger partial charge in [-0.15, -0.1) is 6.58 Å². The lowest BCUT2D eigenvalue weighted by Crippen LogP contribution is -2.70. The standard InChI is InChI=1S/C63H83FN2O9/c1-3-5-6-7-8-9-10-11-12-22-40-71-62(69)66(44-48-29-24-28-46-25-13-15-30-51(46)48)58-43-56(65-75-59-33-19-23-39-70-59)53-41-47(26-17-20-36-67)52(31-18-21-37-68)60-54-42-50(72-45-49-27-14-16-32-55(49)64)34-35-57(54)74-63(58,61(53)60)73-38-4-2/h4,13-16,24-25,27-30,32,34-35,41-42,47,52,58-61,67-68H,2-3,5-12,17-23,26,31,33,36-40,43-45H2,1H3/t47-,52+,58-,59?,60+,61+,63+/m0/s1. The van der Waals surface area contributed by atoms with E-state index in [4.69, 9.17) is 33.7 Å². The highest BCUT2D eigenvalue weighted by Crippen LogP contribution is 2.62. The van der Waals surface area contributed by atoms with Gasteiger partial charge >= 0.3 is 6.09 Å². The smallest absolute Gasteiger partial charge is 0.410 e. The number of hydrogen-bond donors (Lipinski definition) is 2. The number of amides is 1. The monoisotopic (exact) mass is 1030 g/mol. The lowest BCUT2D eigenvalue weighted by atomic mass is 9.55. The number of halogens is 1. The number of carbonyl (C=O) groups excluding carboxylic acids is 1. The number of benzene rings is 4. The molecule has 2 N–H and O–H groups in total. The molecular formula is C63H83FN2O9. The van der Waals surface area contributed by atoms with Crippen LogP contribution in [-0.2, 0) is 32.2 Å². The summed E-state index contributed by atoms with van der Waals surface area (Å²) in [6.45, 7) is 7.75. The molecule has 4 aromatic rings. The van der Waals surface area contributed by atoms with Gasteiger partial charge in [0.25, 0.3) is 0 Å². The Balaban J connectivity index is 1.24. The Morgan fingerprint density at radius 2 is 1.59 bits per heavy atom. The Morgan fingerprint density at radius 1 is 0.853 bits per heavy atom. The fraction of sp³-hybridized carbons (Fsp3) is 0.556. The third kappa shape index (κ3) is 14.2. The lowest BCUT2D eigenvalue weighted by Gasteiger charge is -2.60. The van der Waals surface area contributed by atoms with Gasteiger partial charge in [0.2, 0.25) is 12.1 Å². The topological polar surface area (TPSA) is 129 Å². The van der Waals surface area contributed by atoms with Crippen LogP contribution in [0, 0.1) is 23.6 Å². The molecule has 406 valence electrons. The molecule has 4 aliphatic rings. The van der Waals surface area contributed by atoms with Crippen molar-refractivity contribution in [1.29, 1.82) is 0 Å². The van der Waals surface area contributed by atoms with E-state index in [0.29, 0.717) is 48.6 Å². The predicted molar refractivity (Wildman–Crippen MR) is 293 cm³/mol. The van der Waals surface area contributed by atoms with Gasteiger partial charge in [-0.25, -0.2) is 9.18 Å². The van der Waals surface area contributed by atoms with Crippen molar-refractivity contribution < 1.29 is 47.9 Å². The second-order valence-corrected chi connectivity index (χ2v) is 21.1. The summed E-state index contributed by atoms with van der Waals surface area (Å²) in [7, 11) is 0. The van der Waals surface area contributed by atoms with Gasteiger partial charge in [0.15, 0.2) is 0 Å². The summed E-state index contributed by atoms with van der Waals surface area (Å²) in [6.07, 6.45) is 22.0. The summed E-state index contributed by atoms with van der Waals surface area (Å²) in [5.74, 6) is -1.47. The molecule has 0 aromatic heterocycles. The normalized spacial score (nSPS) is 23.4. The van der Waals surface area contributed by atoms with Gasteiger partial charge in [0.05, 0.1) is 38.0 Å². The molecule has 1 unspecified atom stereocenters. The molecule has 11 nitrogen and oxygen atoms in total. The molecule has 0 spiro atoms. The van der Waals surface area contributed by atoms with Gasteiger partial charge in [-0.1, -0.05) is 156 Å². The first-order chi connectivity index (χ1) is 36.9. The molecule has 12 heteroatoms. The third-order valence-corrected chi connectivity index (χ3v) is 16.0. The molecule has 1 saturated carbocycles. The predicted octanol–water partition coefficient (Wildman–Crippen LogP) is 14.3. The number of fused-ring (bicyclic) bond motifs is 3. The van der Waals surface area contributed by atoms with Crippen molar-refractivity contribution in [3.05, 3.63) is 132 Å². The van der Waals surface area contributed by atoms with Crippen molar-refractivity contribution in [1.82, 2.24) is 4.90 Å². The van der Waals surface area contributed by atoms with Crippen LogP contribution in [0.2, 0.25) is 0 Å². The zero-order valence-corrected chi connectivity index (χ0v) is 44.5.